The molecule has 1 aliphatic heterocycles. The third-order valence-corrected chi connectivity index (χ3v) is 4.86. The molecule has 0 spiro atoms. The van der Waals surface area contributed by atoms with Gasteiger partial charge in [0.25, 0.3) is 0 Å². The number of hydrogen-bond acceptors (Lipinski definition) is 4. The fourth-order valence-corrected chi connectivity index (χ4v) is 2.98. The Morgan fingerprint density at radius 2 is 1.85 bits per heavy atom. The molecular weight excluding hydrogens is 443 g/mol. The molecular formula is C19H33IN4O2. The zero-order valence-electron chi connectivity index (χ0n) is 16.4. The Morgan fingerprint density at radius 3 is 2.42 bits per heavy atom. The van der Waals surface area contributed by atoms with Crippen LogP contribution in [0.25, 0.3) is 0 Å². The molecule has 1 saturated heterocycles. The van der Waals surface area contributed by atoms with E-state index in [2.05, 4.69) is 53.7 Å². The molecule has 0 aliphatic carbocycles. The second-order valence-electron chi connectivity index (χ2n) is 6.75. The highest BCUT2D eigenvalue weighted by molar-refractivity contribution is 14.0. The maximum absolute atomic E-state index is 5.74. The van der Waals surface area contributed by atoms with Crippen LogP contribution in [0.3, 0.4) is 0 Å². The largest absolute Gasteiger partial charge is 0.492 e. The minimum absolute atomic E-state index is 0. The van der Waals surface area contributed by atoms with Gasteiger partial charge in [0.2, 0.25) is 0 Å². The molecule has 148 valence electrons. The van der Waals surface area contributed by atoms with Crippen molar-refractivity contribution >= 4 is 29.9 Å². The molecule has 0 radical (unpaired) electrons. The first-order valence-corrected chi connectivity index (χ1v) is 8.95. The number of hydrogen-bond donors (Lipinski definition) is 2. The summed E-state index contributed by atoms with van der Waals surface area (Å²) in [4.78, 5) is 6.61. The van der Waals surface area contributed by atoms with Gasteiger partial charge in [0.05, 0.1) is 6.54 Å². The van der Waals surface area contributed by atoms with Gasteiger partial charge < -0.3 is 25.0 Å². The molecule has 2 N–H and O–H groups in total. The first-order valence-electron chi connectivity index (χ1n) is 8.95. The van der Waals surface area contributed by atoms with E-state index in [1.165, 1.54) is 5.56 Å². The minimum Gasteiger partial charge on any atom is -0.492 e. The predicted molar refractivity (Wildman–Crippen MR) is 118 cm³/mol. The van der Waals surface area contributed by atoms with E-state index in [4.69, 9.17) is 9.47 Å². The number of halogens is 1. The van der Waals surface area contributed by atoms with Crippen molar-refractivity contribution in [1.29, 1.82) is 0 Å². The van der Waals surface area contributed by atoms with Crippen molar-refractivity contribution in [2.45, 2.75) is 25.3 Å². The van der Waals surface area contributed by atoms with Crippen molar-refractivity contribution in [3.05, 3.63) is 29.8 Å². The van der Waals surface area contributed by atoms with Gasteiger partial charge in [0.15, 0.2) is 5.96 Å². The van der Waals surface area contributed by atoms with Gasteiger partial charge in [-0.15, -0.1) is 24.0 Å². The van der Waals surface area contributed by atoms with Crippen molar-refractivity contribution in [2.24, 2.45) is 4.99 Å². The molecule has 0 saturated carbocycles. The van der Waals surface area contributed by atoms with Gasteiger partial charge in [0.1, 0.15) is 12.4 Å². The zero-order chi connectivity index (χ0) is 18.1. The summed E-state index contributed by atoms with van der Waals surface area (Å²) in [7, 11) is 6.07. The maximum Gasteiger partial charge on any atom is 0.191 e. The van der Waals surface area contributed by atoms with Gasteiger partial charge in [-0.2, -0.15) is 0 Å². The standard InChI is InChI=1S/C19H32N4O2.HI/c1-16-5-7-17(8-6-16)25-14-11-21-18(20-2)22-15-19(23(3)4)9-12-24-13-10-19;/h5-8H,9-15H2,1-4H3,(H2,20,21,22);1H. The molecule has 26 heavy (non-hydrogen) atoms. The number of guanidine groups is 1. The van der Waals surface area contributed by atoms with Crippen LogP contribution in [0.4, 0.5) is 0 Å². The van der Waals surface area contributed by atoms with E-state index in [0.29, 0.717) is 13.2 Å². The Kier molecular flexibility index (Phi) is 10.3. The number of ether oxygens (including phenoxy) is 2. The van der Waals surface area contributed by atoms with E-state index in [-0.39, 0.29) is 29.5 Å². The fourth-order valence-electron chi connectivity index (χ4n) is 2.98. The van der Waals surface area contributed by atoms with Crippen LogP contribution in [0.1, 0.15) is 18.4 Å². The minimum atomic E-state index is 0. The van der Waals surface area contributed by atoms with Crippen LogP contribution in [0.15, 0.2) is 29.3 Å². The average molecular weight is 476 g/mol. The summed E-state index contributed by atoms with van der Waals surface area (Å²) in [6.07, 6.45) is 2.06. The van der Waals surface area contributed by atoms with E-state index in [0.717, 1.165) is 44.3 Å². The number of benzene rings is 1. The number of aryl methyl sites for hydroxylation is 1. The highest BCUT2D eigenvalue weighted by Crippen LogP contribution is 2.24. The van der Waals surface area contributed by atoms with Gasteiger partial charge in [-0.1, -0.05) is 17.7 Å². The molecule has 0 aromatic heterocycles. The monoisotopic (exact) mass is 476 g/mol. The zero-order valence-corrected chi connectivity index (χ0v) is 18.7. The molecule has 0 amide bonds. The molecule has 1 aliphatic rings. The van der Waals surface area contributed by atoms with Gasteiger partial charge in [0, 0.05) is 32.3 Å². The first-order chi connectivity index (χ1) is 12.1. The molecule has 0 unspecified atom stereocenters. The highest BCUT2D eigenvalue weighted by atomic mass is 127. The van der Waals surface area contributed by atoms with E-state index >= 15 is 0 Å². The SMILES string of the molecule is CN=C(NCCOc1ccc(C)cc1)NCC1(N(C)C)CCOCC1.I. The van der Waals surface area contributed by atoms with E-state index < -0.39 is 0 Å². The highest BCUT2D eigenvalue weighted by Gasteiger charge is 2.34. The summed E-state index contributed by atoms with van der Waals surface area (Å²) in [6, 6.07) is 8.10. The Morgan fingerprint density at radius 1 is 1.19 bits per heavy atom. The number of aliphatic imine (C=N–C) groups is 1. The summed E-state index contributed by atoms with van der Waals surface area (Å²) < 4.78 is 11.3. The van der Waals surface area contributed by atoms with Crippen LogP contribution in [0.5, 0.6) is 5.75 Å². The Labute approximate surface area is 174 Å². The lowest BCUT2D eigenvalue weighted by atomic mass is 9.88. The molecule has 6 nitrogen and oxygen atoms in total. The van der Waals surface area contributed by atoms with Crippen LogP contribution in [0, 0.1) is 6.92 Å². The molecule has 1 heterocycles. The average Bonchev–Trinajstić information content (AvgIpc) is 2.63. The lowest BCUT2D eigenvalue weighted by molar-refractivity contribution is -0.00501. The first kappa shape index (κ1) is 23.0. The predicted octanol–water partition coefficient (Wildman–Crippen LogP) is 2.27. The van der Waals surface area contributed by atoms with Gasteiger partial charge in [-0.05, 0) is 46.0 Å². The molecule has 2 rings (SSSR count). The van der Waals surface area contributed by atoms with E-state index in [1.54, 1.807) is 7.05 Å². The van der Waals surface area contributed by atoms with Crippen LogP contribution in [0.2, 0.25) is 0 Å². The molecule has 0 atom stereocenters. The van der Waals surface area contributed by atoms with Crippen molar-refractivity contribution in [3.63, 3.8) is 0 Å². The molecule has 1 fully saturated rings. The van der Waals surface area contributed by atoms with Crippen LogP contribution >= 0.6 is 24.0 Å². The summed E-state index contributed by atoms with van der Waals surface area (Å²) in [6.45, 7) is 5.84. The van der Waals surface area contributed by atoms with E-state index in [9.17, 15) is 0 Å². The van der Waals surface area contributed by atoms with Crippen LogP contribution in [-0.2, 0) is 4.74 Å². The number of likely N-dealkylation sites (N-methyl/N-ethyl adjacent to an activating group) is 1. The third kappa shape index (κ3) is 6.92. The topological polar surface area (TPSA) is 58.1 Å². The lowest BCUT2D eigenvalue weighted by Gasteiger charge is -2.43. The third-order valence-electron chi connectivity index (χ3n) is 4.86. The quantitative estimate of drug-likeness (QED) is 0.274. The van der Waals surface area contributed by atoms with Crippen molar-refractivity contribution < 1.29 is 9.47 Å². The normalized spacial score (nSPS) is 16.7. The molecule has 1 aromatic rings. The summed E-state index contributed by atoms with van der Waals surface area (Å²) in [5.41, 5.74) is 1.35. The second-order valence-corrected chi connectivity index (χ2v) is 6.75. The van der Waals surface area contributed by atoms with Gasteiger partial charge >= 0.3 is 0 Å². The Balaban J connectivity index is 0.00000338. The van der Waals surface area contributed by atoms with Crippen molar-refractivity contribution in [2.75, 3.05) is 54.1 Å². The Bertz CT molecular complexity index is 543. The number of nitrogens with zero attached hydrogens (tertiary/aromatic N) is 2. The van der Waals surface area contributed by atoms with Gasteiger partial charge in [-0.25, -0.2) is 0 Å². The smallest absolute Gasteiger partial charge is 0.191 e. The molecule has 1 aromatic carbocycles. The number of rotatable bonds is 7. The molecule has 7 heteroatoms. The Hall–Kier alpha value is -1.06. The van der Waals surface area contributed by atoms with Crippen molar-refractivity contribution in [1.82, 2.24) is 15.5 Å². The summed E-state index contributed by atoms with van der Waals surface area (Å²) >= 11 is 0. The molecule has 0 bridgehead atoms. The van der Waals surface area contributed by atoms with Crippen molar-refractivity contribution in [3.8, 4) is 5.75 Å². The van der Waals surface area contributed by atoms with Crippen LogP contribution in [-0.4, -0.2) is 70.5 Å². The summed E-state index contributed by atoms with van der Waals surface area (Å²) in [5, 5.41) is 6.76. The lowest BCUT2D eigenvalue weighted by Crippen LogP contribution is -2.57. The second kappa shape index (κ2) is 11.6. The maximum atomic E-state index is 5.74. The van der Waals surface area contributed by atoms with E-state index in [1.807, 2.05) is 12.1 Å². The summed E-state index contributed by atoms with van der Waals surface area (Å²) in [5.74, 6) is 1.70. The van der Waals surface area contributed by atoms with Gasteiger partial charge in [-0.3, -0.25) is 4.99 Å². The van der Waals surface area contributed by atoms with Crippen LogP contribution < -0.4 is 15.4 Å². The number of nitrogens with one attached hydrogen (secondary N) is 2. The fraction of sp³-hybridized carbons (Fsp3) is 0.632.